The number of benzene rings is 2. The second kappa shape index (κ2) is 6.32. The lowest BCUT2D eigenvalue weighted by Crippen LogP contribution is -2.37. The fourth-order valence-electron chi connectivity index (χ4n) is 1.81. The average Bonchev–Trinajstić information content (AvgIpc) is 2.45. The van der Waals surface area contributed by atoms with E-state index in [9.17, 15) is 13.6 Å². The van der Waals surface area contributed by atoms with Crippen molar-refractivity contribution >= 4 is 11.6 Å². The van der Waals surface area contributed by atoms with Crippen LogP contribution in [0.1, 0.15) is 5.56 Å². The number of halogens is 2. The van der Waals surface area contributed by atoms with Crippen LogP contribution in [-0.4, -0.2) is 17.1 Å². The van der Waals surface area contributed by atoms with Crippen molar-refractivity contribution in [3.63, 3.8) is 0 Å². The molecule has 0 radical (unpaired) electrons. The lowest BCUT2D eigenvalue weighted by Gasteiger charge is -2.13. The number of phenols is 1. The van der Waals surface area contributed by atoms with E-state index in [-0.39, 0.29) is 12.2 Å². The van der Waals surface area contributed by atoms with Gasteiger partial charge in [-0.1, -0.05) is 18.2 Å². The summed E-state index contributed by atoms with van der Waals surface area (Å²) in [5.74, 6) is -2.31. The summed E-state index contributed by atoms with van der Waals surface area (Å²) in [4.78, 5) is 11.9. The van der Waals surface area contributed by atoms with Gasteiger partial charge in [0.2, 0.25) is 5.91 Å². The zero-order valence-electron chi connectivity index (χ0n) is 11.0. The van der Waals surface area contributed by atoms with Gasteiger partial charge in [0.1, 0.15) is 23.1 Å². The highest BCUT2D eigenvalue weighted by atomic mass is 19.1. The summed E-state index contributed by atoms with van der Waals surface area (Å²) in [5, 5.41) is 11.3. The normalized spacial score (nSPS) is 12.0. The van der Waals surface area contributed by atoms with Crippen molar-refractivity contribution in [2.75, 3.05) is 5.32 Å². The fourth-order valence-corrected chi connectivity index (χ4v) is 1.81. The van der Waals surface area contributed by atoms with Gasteiger partial charge in [-0.05, 0) is 36.2 Å². The number of amides is 1. The van der Waals surface area contributed by atoms with Crippen LogP contribution in [0.15, 0.2) is 42.5 Å². The molecule has 21 heavy (non-hydrogen) atoms. The van der Waals surface area contributed by atoms with Crippen LogP contribution in [0.5, 0.6) is 5.75 Å². The van der Waals surface area contributed by atoms with Crippen LogP contribution < -0.4 is 11.1 Å². The second-order valence-electron chi connectivity index (χ2n) is 4.56. The van der Waals surface area contributed by atoms with Gasteiger partial charge >= 0.3 is 0 Å². The SMILES string of the molecule is N[C@H](Cc1ccc(O)cc1)C(=O)Nc1c(F)cccc1F. The van der Waals surface area contributed by atoms with E-state index in [1.54, 1.807) is 12.1 Å². The molecule has 0 spiro atoms. The first-order valence-electron chi connectivity index (χ1n) is 6.25. The smallest absolute Gasteiger partial charge is 0.241 e. The number of carbonyl (C=O) groups excluding carboxylic acids is 1. The van der Waals surface area contributed by atoms with E-state index in [2.05, 4.69) is 5.32 Å². The molecule has 0 saturated carbocycles. The van der Waals surface area contributed by atoms with Gasteiger partial charge < -0.3 is 16.2 Å². The first-order chi connectivity index (χ1) is 9.97. The fraction of sp³-hybridized carbons (Fsp3) is 0.133. The Labute approximate surface area is 120 Å². The predicted octanol–water partition coefficient (Wildman–Crippen LogP) is 2.18. The van der Waals surface area contributed by atoms with Crippen LogP contribution in [0.2, 0.25) is 0 Å². The van der Waals surface area contributed by atoms with Crippen LogP contribution in [0.25, 0.3) is 0 Å². The number of hydrogen-bond acceptors (Lipinski definition) is 3. The summed E-state index contributed by atoms with van der Waals surface area (Å²) in [6, 6.07) is 8.50. The molecule has 0 saturated heterocycles. The predicted molar refractivity (Wildman–Crippen MR) is 74.8 cm³/mol. The number of nitrogens with one attached hydrogen (secondary N) is 1. The van der Waals surface area contributed by atoms with E-state index >= 15 is 0 Å². The molecule has 0 fully saturated rings. The molecule has 0 aliphatic heterocycles. The van der Waals surface area contributed by atoms with Gasteiger partial charge in [0.25, 0.3) is 0 Å². The molecule has 0 unspecified atom stereocenters. The van der Waals surface area contributed by atoms with Crippen molar-refractivity contribution in [2.45, 2.75) is 12.5 Å². The summed E-state index contributed by atoms with van der Waals surface area (Å²) in [6.07, 6.45) is 0.183. The summed E-state index contributed by atoms with van der Waals surface area (Å²) >= 11 is 0. The minimum absolute atomic E-state index is 0.102. The quantitative estimate of drug-likeness (QED) is 0.808. The van der Waals surface area contributed by atoms with Crippen molar-refractivity contribution in [3.05, 3.63) is 59.7 Å². The molecular formula is C15H14F2N2O2. The minimum Gasteiger partial charge on any atom is -0.508 e. The van der Waals surface area contributed by atoms with Gasteiger partial charge in [-0.25, -0.2) is 8.78 Å². The number of phenolic OH excluding ortho intramolecular Hbond substituents is 1. The van der Waals surface area contributed by atoms with Crippen LogP contribution in [0, 0.1) is 11.6 Å². The zero-order valence-corrected chi connectivity index (χ0v) is 11.0. The van der Waals surface area contributed by atoms with Gasteiger partial charge in [0, 0.05) is 0 Å². The minimum atomic E-state index is -0.964. The molecule has 1 amide bonds. The van der Waals surface area contributed by atoms with Gasteiger partial charge in [-0.2, -0.15) is 0 Å². The third-order valence-electron chi connectivity index (χ3n) is 2.94. The lowest BCUT2D eigenvalue weighted by molar-refractivity contribution is -0.117. The van der Waals surface area contributed by atoms with Crippen LogP contribution >= 0.6 is 0 Å². The van der Waals surface area contributed by atoms with Crippen molar-refractivity contribution in [1.82, 2.24) is 0 Å². The third-order valence-corrected chi connectivity index (χ3v) is 2.94. The maximum Gasteiger partial charge on any atom is 0.241 e. The molecule has 1 atom stereocenters. The summed E-state index contributed by atoms with van der Waals surface area (Å²) in [7, 11) is 0. The van der Waals surface area contributed by atoms with Gasteiger partial charge in [0.05, 0.1) is 6.04 Å². The van der Waals surface area contributed by atoms with Gasteiger partial charge in [-0.3, -0.25) is 4.79 Å². The van der Waals surface area contributed by atoms with E-state index in [0.29, 0.717) is 0 Å². The van der Waals surface area contributed by atoms with Crippen molar-refractivity contribution in [3.8, 4) is 5.75 Å². The Kier molecular flexibility index (Phi) is 4.49. The molecule has 2 aromatic carbocycles. The highest BCUT2D eigenvalue weighted by Gasteiger charge is 2.18. The lowest BCUT2D eigenvalue weighted by atomic mass is 10.1. The summed E-state index contributed by atoms with van der Waals surface area (Å²) < 4.78 is 26.8. The number of nitrogens with two attached hydrogens (primary N) is 1. The molecular weight excluding hydrogens is 278 g/mol. The van der Waals surface area contributed by atoms with E-state index < -0.39 is 29.3 Å². The highest BCUT2D eigenvalue weighted by Crippen LogP contribution is 2.18. The van der Waals surface area contributed by atoms with Gasteiger partial charge in [0.15, 0.2) is 0 Å². The number of carbonyl (C=O) groups is 1. The van der Waals surface area contributed by atoms with Crippen molar-refractivity contribution in [1.29, 1.82) is 0 Å². The molecule has 2 rings (SSSR count). The number of hydrogen-bond donors (Lipinski definition) is 3. The van der Waals surface area contributed by atoms with E-state index in [1.807, 2.05) is 0 Å². The van der Waals surface area contributed by atoms with Gasteiger partial charge in [-0.15, -0.1) is 0 Å². The molecule has 0 aliphatic rings. The van der Waals surface area contributed by atoms with Crippen LogP contribution in [0.4, 0.5) is 14.5 Å². The standard InChI is InChI=1S/C15H14F2N2O2/c16-11-2-1-3-12(17)14(11)19-15(21)13(18)8-9-4-6-10(20)7-5-9/h1-7,13,20H,8,18H2,(H,19,21)/t13-/m1/s1. The topological polar surface area (TPSA) is 75.3 Å². The monoisotopic (exact) mass is 292 g/mol. The largest absolute Gasteiger partial charge is 0.508 e. The molecule has 0 aliphatic carbocycles. The van der Waals surface area contributed by atoms with E-state index in [0.717, 1.165) is 17.7 Å². The van der Waals surface area contributed by atoms with Crippen LogP contribution in [0.3, 0.4) is 0 Å². The van der Waals surface area contributed by atoms with Crippen molar-refractivity contribution < 1.29 is 18.7 Å². The molecule has 6 heteroatoms. The molecule has 2 aromatic rings. The Morgan fingerprint density at radius 2 is 1.71 bits per heavy atom. The second-order valence-corrected chi connectivity index (χ2v) is 4.56. The van der Waals surface area contributed by atoms with E-state index in [4.69, 9.17) is 10.8 Å². The Morgan fingerprint density at radius 1 is 1.14 bits per heavy atom. The maximum absolute atomic E-state index is 13.4. The Balaban J connectivity index is 2.04. The number of rotatable bonds is 4. The molecule has 4 nitrogen and oxygen atoms in total. The number of anilines is 1. The average molecular weight is 292 g/mol. The van der Waals surface area contributed by atoms with Crippen LogP contribution in [-0.2, 0) is 11.2 Å². The molecule has 0 bridgehead atoms. The molecule has 0 aromatic heterocycles. The Hall–Kier alpha value is -2.47. The Morgan fingerprint density at radius 3 is 2.29 bits per heavy atom. The third kappa shape index (κ3) is 3.76. The van der Waals surface area contributed by atoms with Crippen molar-refractivity contribution in [2.24, 2.45) is 5.73 Å². The molecule has 0 heterocycles. The summed E-state index contributed by atoms with van der Waals surface area (Å²) in [6.45, 7) is 0. The number of para-hydroxylation sites is 1. The molecule has 4 N–H and O–H groups in total. The number of aromatic hydroxyl groups is 1. The summed E-state index contributed by atoms with van der Waals surface area (Å²) in [5.41, 5.74) is 5.93. The first kappa shape index (κ1) is 14.9. The Bertz CT molecular complexity index is 624. The maximum atomic E-state index is 13.4. The molecule has 110 valence electrons. The zero-order chi connectivity index (χ0) is 15.4. The van der Waals surface area contributed by atoms with E-state index in [1.165, 1.54) is 18.2 Å². The highest BCUT2D eigenvalue weighted by molar-refractivity contribution is 5.95. The first-order valence-corrected chi connectivity index (χ1v) is 6.25.